The molecule has 1 aromatic heterocycles. The fourth-order valence-electron chi connectivity index (χ4n) is 5.14. The molecule has 43 heavy (non-hydrogen) atoms. The summed E-state index contributed by atoms with van der Waals surface area (Å²) >= 11 is 1.34. The SMILES string of the molecule is O=C(CCCCCCOc1ccc(-c2ccc3c(c2)C(=O)N(C(Cc2ccccc2)C(=O)Nc2nccs2)C3)cc1)NO. The summed E-state index contributed by atoms with van der Waals surface area (Å²) in [7, 11) is 0. The minimum atomic E-state index is -0.689. The van der Waals surface area contributed by atoms with Gasteiger partial charge >= 0.3 is 0 Å². The topological polar surface area (TPSA) is 121 Å². The molecule has 0 aliphatic carbocycles. The molecular weight excluding hydrogens is 564 g/mol. The van der Waals surface area contributed by atoms with E-state index in [4.69, 9.17) is 9.94 Å². The smallest absolute Gasteiger partial charge is 0.255 e. The zero-order valence-corrected chi connectivity index (χ0v) is 24.5. The first-order valence-electron chi connectivity index (χ1n) is 14.4. The molecule has 4 aromatic rings. The Morgan fingerprint density at radius 2 is 1.74 bits per heavy atom. The molecule has 1 unspecified atom stereocenters. The Morgan fingerprint density at radius 1 is 0.977 bits per heavy atom. The lowest BCUT2D eigenvalue weighted by atomic mass is 10.0. The van der Waals surface area contributed by atoms with Gasteiger partial charge in [0.2, 0.25) is 11.8 Å². The van der Waals surface area contributed by atoms with Crippen LogP contribution in [0.5, 0.6) is 5.75 Å². The number of carbonyl (C=O) groups is 3. The van der Waals surface area contributed by atoms with Crippen LogP contribution in [-0.4, -0.2) is 45.5 Å². The first-order valence-corrected chi connectivity index (χ1v) is 15.2. The highest BCUT2D eigenvalue weighted by Gasteiger charge is 2.37. The van der Waals surface area contributed by atoms with Crippen LogP contribution in [-0.2, 0) is 22.6 Å². The zero-order chi connectivity index (χ0) is 30.0. The summed E-state index contributed by atoms with van der Waals surface area (Å²) < 4.78 is 5.86. The predicted molar refractivity (Wildman–Crippen MR) is 165 cm³/mol. The van der Waals surface area contributed by atoms with E-state index in [1.54, 1.807) is 22.0 Å². The lowest BCUT2D eigenvalue weighted by Crippen LogP contribution is -2.45. The van der Waals surface area contributed by atoms with Crippen LogP contribution in [0.4, 0.5) is 5.13 Å². The molecule has 1 aliphatic heterocycles. The Hall–Kier alpha value is -4.54. The van der Waals surface area contributed by atoms with Crippen molar-refractivity contribution in [2.24, 2.45) is 0 Å². The number of carbonyl (C=O) groups excluding carboxylic acids is 3. The van der Waals surface area contributed by atoms with Crippen molar-refractivity contribution < 1.29 is 24.3 Å². The van der Waals surface area contributed by atoms with Gasteiger partial charge < -0.3 is 15.0 Å². The van der Waals surface area contributed by atoms with E-state index >= 15 is 0 Å². The molecule has 0 spiro atoms. The third kappa shape index (κ3) is 7.85. The summed E-state index contributed by atoms with van der Waals surface area (Å²) in [6, 6.07) is 22.7. The average molecular weight is 599 g/mol. The van der Waals surface area contributed by atoms with Gasteiger partial charge in [0, 0.05) is 36.5 Å². The van der Waals surface area contributed by atoms with Crippen LogP contribution in [0.3, 0.4) is 0 Å². The number of nitrogens with zero attached hydrogens (tertiary/aromatic N) is 2. The first-order chi connectivity index (χ1) is 21.0. The van der Waals surface area contributed by atoms with Crippen molar-refractivity contribution in [2.45, 2.75) is 51.1 Å². The van der Waals surface area contributed by atoms with Gasteiger partial charge in [-0.3, -0.25) is 19.6 Å². The van der Waals surface area contributed by atoms with Gasteiger partial charge in [0.15, 0.2) is 5.13 Å². The van der Waals surface area contributed by atoms with Gasteiger partial charge in [0.25, 0.3) is 5.91 Å². The van der Waals surface area contributed by atoms with Crippen LogP contribution in [0.2, 0.25) is 0 Å². The van der Waals surface area contributed by atoms with Crippen LogP contribution in [0.25, 0.3) is 11.1 Å². The van der Waals surface area contributed by atoms with Crippen molar-refractivity contribution in [2.75, 3.05) is 11.9 Å². The lowest BCUT2D eigenvalue weighted by Gasteiger charge is -2.26. The Balaban J connectivity index is 1.21. The normalized spacial score (nSPS) is 13.0. The monoisotopic (exact) mass is 598 g/mol. The molecule has 5 rings (SSSR count). The number of amides is 3. The summed E-state index contributed by atoms with van der Waals surface area (Å²) in [6.45, 7) is 0.938. The van der Waals surface area contributed by atoms with Gasteiger partial charge in [-0.2, -0.15) is 0 Å². The number of unbranched alkanes of at least 4 members (excludes halogenated alkanes) is 3. The summed E-state index contributed by atoms with van der Waals surface area (Å²) in [5, 5.41) is 13.7. The van der Waals surface area contributed by atoms with Crippen LogP contribution in [0, 0.1) is 0 Å². The van der Waals surface area contributed by atoms with Gasteiger partial charge in [0.05, 0.1) is 6.61 Å². The highest BCUT2D eigenvalue weighted by atomic mass is 32.1. The molecule has 2 heterocycles. The molecular formula is C33H34N4O5S. The van der Waals surface area contributed by atoms with E-state index in [2.05, 4.69) is 10.3 Å². The van der Waals surface area contributed by atoms with Crippen molar-refractivity contribution >= 4 is 34.2 Å². The van der Waals surface area contributed by atoms with Crippen molar-refractivity contribution in [3.8, 4) is 16.9 Å². The van der Waals surface area contributed by atoms with Crippen molar-refractivity contribution in [3.05, 3.63) is 101 Å². The van der Waals surface area contributed by atoms with E-state index in [1.165, 1.54) is 11.3 Å². The van der Waals surface area contributed by atoms with E-state index < -0.39 is 6.04 Å². The molecule has 9 nitrogen and oxygen atoms in total. The maximum atomic E-state index is 13.7. The number of nitrogens with one attached hydrogen (secondary N) is 2. The molecule has 3 aromatic carbocycles. The number of ether oxygens (including phenoxy) is 1. The highest BCUT2D eigenvalue weighted by molar-refractivity contribution is 7.13. The standard InChI is InChI=1S/C33H34N4O5S/c38-30(36-41)10-6-1-2-7-18-42-27-15-13-24(14-16-27)25-11-12-26-22-37(32(40)28(26)21-25)29(20-23-8-4-3-5-9-23)31(39)35-33-34-17-19-43-33/h3-5,8-9,11-17,19,21,29,41H,1-2,6-7,10,18,20,22H2,(H,36,38)(H,34,35,39). The second-order valence-corrected chi connectivity index (χ2v) is 11.3. The highest BCUT2D eigenvalue weighted by Crippen LogP contribution is 2.31. The van der Waals surface area contributed by atoms with E-state index in [-0.39, 0.29) is 17.7 Å². The number of hydrogen-bond donors (Lipinski definition) is 3. The van der Waals surface area contributed by atoms with Crippen LogP contribution >= 0.6 is 11.3 Å². The molecule has 0 saturated carbocycles. The molecule has 0 saturated heterocycles. The molecule has 1 atom stereocenters. The molecule has 0 bridgehead atoms. The Bertz CT molecular complexity index is 1530. The van der Waals surface area contributed by atoms with Crippen LogP contribution in [0.1, 0.15) is 53.6 Å². The number of aromatic nitrogens is 1. The maximum Gasteiger partial charge on any atom is 0.255 e. The Morgan fingerprint density at radius 3 is 2.49 bits per heavy atom. The van der Waals surface area contributed by atoms with Gasteiger partial charge in [-0.25, -0.2) is 10.5 Å². The minimum absolute atomic E-state index is 0.163. The lowest BCUT2D eigenvalue weighted by molar-refractivity contribution is -0.129. The fraction of sp³-hybridized carbons (Fsp3) is 0.273. The van der Waals surface area contributed by atoms with Gasteiger partial charge in [-0.1, -0.05) is 67.4 Å². The Kier molecular flexibility index (Phi) is 10.1. The summed E-state index contributed by atoms with van der Waals surface area (Å²) in [5.41, 5.74) is 6.00. The quantitative estimate of drug-likeness (QED) is 0.0951. The van der Waals surface area contributed by atoms with Crippen molar-refractivity contribution in [1.29, 1.82) is 0 Å². The largest absolute Gasteiger partial charge is 0.494 e. The predicted octanol–water partition coefficient (Wildman–Crippen LogP) is 5.85. The number of hydrogen-bond acceptors (Lipinski definition) is 7. The first kappa shape index (κ1) is 29.9. The summed E-state index contributed by atoms with van der Waals surface area (Å²) in [4.78, 5) is 44.0. The molecule has 3 N–H and O–H groups in total. The third-order valence-electron chi connectivity index (χ3n) is 7.43. The number of benzene rings is 3. The summed E-state index contributed by atoms with van der Waals surface area (Å²) in [6.07, 6.45) is 5.80. The minimum Gasteiger partial charge on any atom is -0.494 e. The molecule has 222 valence electrons. The molecule has 1 aliphatic rings. The number of thiazole rings is 1. The van der Waals surface area contributed by atoms with Crippen molar-refractivity contribution in [3.63, 3.8) is 0 Å². The zero-order valence-electron chi connectivity index (χ0n) is 23.7. The van der Waals surface area contributed by atoms with E-state index in [0.29, 0.717) is 36.7 Å². The molecule has 0 radical (unpaired) electrons. The van der Waals surface area contributed by atoms with Crippen LogP contribution < -0.4 is 15.5 Å². The molecule has 3 amide bonds. The van der Waals surface area contributed by atoms with Crippen molar-refractivity contribution in [1.82, 2.24) is 15.4 Å². The number of fused-ring (bicyclic) bond motifs is 1. The second kappa shape index (κ2) is 14.6. The Labute approximate surface area is 254 Å². The van der Waals surface area contributed by atoms with E-state index in [1.807, 2.05) is 72.8 Å². The summed E-state index contributed by atoms with van der Waals surface area (Å²) in [5.74, 6) is -0.0145. The van der Waals surface area contributed by atoms with Gasteiger partial charge in [0.1, 0.15) is 11.8 Å². The van der Waals surface area contributed by atoms with Gasteiger partial charge in [-0.05, 0) is 53.3 Å². The van der Waals surface area contributed by atoms with Gasteiger partial charge in [-0.15, -0.1) is 11.3 Å². The number of anilines is 1. The second-order valence-electron chi connectivity index (χ2n) is 10.4. The third-order valence-corrected chi connectivity index (χ3v) is 8.12. The van der Waals surface area contributed by atoms with E-state index in [0.717, 1.165) is 53.7 Å². The average Bonchev–Trinajstić information content (AvgIpc) is 3.67. The molecule has 10 heteroatoms. The molecule has 0 fully saturated rings. The number of rotatable bonds is 14. The fourth-order valence-corrected chi connectivity index (χ4v) is 5.67. The number of hydroxylamine groups is 1. The van der Waals surface area contributed by atoms with E-state index in [9.17, 15) is 14.4 Å². The maximum absolute atomic E-state index is 13.7. The van der Waals surface area contributed by atoms with Crippen LogP contribution in [0.15, 0.2) is 84.4 Å².